The molecule has 3 heteroatoms. The number of benzene rings is 3. The Bertz CT molecular complexity index is 864. The summed E-state index contributed by atoms with van der Waals surface area (Å²) >= 11 is 0. The van der Waals surface area contributed by atoms with Crippen LogP contribution in [0.2, 0.25) is 0 Å². The van der Waals surface area contributed by atoms with Crippen molar-refractivity contribution in [3.8, 4) is 11.5 Å². The highest BCUT2D eigenvalue weighted by Gasteiger charge is 2.01. The molecule has 0 aliphatic heterocycles. The predicted molar refractivity (Wildman–Crippen MR) is 125 cm³/mol. The van der Waals surface area contributed by atoms with Crippen molar-refractivity contribution in [3.05, 3.63) is 90.0 Å². The molecule has 1 N–H and O–H groups in total. The molecule has 0 fully saturated rings. The van der Waals surface area contributed by atoms with Gasteiger partial charge in [0.05, 0.1) is 13.2 Å². The van der Waals surface area contributed by atoms with Crippen molar-refractivity contribution in [2.45, 2.75) is 45.6 Å². The lowest BCUT2D eigenvalue weighted by Gasteiger charge is -2.11. The summed E-state index contributed by atoms with van der Waals surface area (Å²) in [6.45, 7) is 4.43. The number of ether oxygens (including phenoxy) is 2. The first-order valence-corrected chi connectivity index (χ1v) is 11.1. The molecule has 0 spiro atoms. The fourth-order valence-electron chi connectivity index (χ4n) is 3.30. The highest BCUT2D eigenvalue weighted by molar-refractivity contribution is 5.48. The third kappa shape index (κ3) is 7.82. The van der Waals surface area contributed by atoms with Gasteiger partial charge in [0.2, 0.25) is 0 Å². The molecule has 0 aliphatic carbocycles. The molecule has 3 aromatic rings. The summed E-state index contributed by atoms with van der Waals surface area (Å²) in [5.74, 6) is 1.84. The van der Waals surface area contributed by atoms with E-state index in [1.54, 1.807) is 0 Å². The second-order valence-electron chi connectivity index (χ2n) is 7.52. The third-order valence-corrected chi connectivity index (χ3v) is 5.00. The van der Waals surface area contributed by atoms with Crippen molar-refractivity contribution in [3.63, 3.8) is 0 Å². The lowest BCUT2D eigenvalue weighted by molar-refractivity contribution is 0.305. The molecule has 3 nitrogen and oxygen atoms in total. The molecule has 0 aromatic heterocycles. The van der Waals surface area contributed by atoms with Crippen molar-refractivity contribution < 1.29 is 9.47 Å². The minimum atomic E-state index is 0.679. The number of hydrogen-bond acceptors (Lipinski definition) is 3. The Morgan fingerprint density at radius 1 is 0.667 bits per heavy atom. The topological polar surface area (TPSA) is 30.5 Å². The van der Waals surface area contributed by atoms with Crippen LogP contribution in [0.15, 0.2) is 78.9 Å². The predicted octanol–water partition coefficient (Wildman–Crippen LogP) is 6.88. The van der Waals surface area contributed by atoms with E-state index >= 15 is 0 Å². The van der Waals surface area contributed by atoms with Crippen molar-refractivity contribution in [2.75, 3.05) is 18.5 Å². The number of anilines is 1. The maximum Gasteiger partial charge on any atom is 0.121 e. The molecular formula is C27H33NO2. The summed E-state index contributed by atoms with van der Waals surface area (Å²) in [6.07, 6.45) is 5.79. The molecule has 0 saturated heterocycles. The van der Waals surface area contributed by atoms with Crippen molar-refractivity contribution in [1.29, 1.82) is 0 Å². The van der Waals surface area contributed by atoms with E-state index in [1.807, 2.05) is 30.3 Å². The van der Waals surface area contributed by atoms with E-state index in [0.717, 1.165) is 43.2 Å². The van der Waals surface area contributed by atoms with Gasteiger partial charge in [0, 0.05) is 24.7 Å². The van der Waals surface area contributed by atoms with E-state index in [0.29, 0.717) is 6.61 Å². The van der Waals surface area contributed by atoms with Crippen LogP contribution in [0.4, 0.5) is 5.69 Å². The van der Waals surface area contributed by atoms with Gasteiger partial charge in [-0.15, -0.1) is 0 Å². The zero-order valence-electron chi connectivity index (χ0n) is 18.0. The van der Waals surface area contributed by atoms with Gasteiger partial charge in [0.15, 0.2) is 0 Å². The van der Waals surface area contributed by atoms with Gasteiger partial charge in [0.1, 0.15) is 11.5 Å². The first-order chi connectivity index (χ1) is 14.8. The lowest BCUT2D eigenvalue weighted by Crippen LogP contribution is -2.03. The summed E-state index contributed by atoms with van der Waals surface area (Å²) in [7, 11) is 0. The van der Waals surface area contributed by atoms with Crippen LogP contribution in [-0.2, 0) is 13.0 Å². The summed E-state index contributed by atoms with van der Waals surface area (Å²) < 4.78 is 11.8. The summed E-state index contributed by atoms with van der Waals surface area (Å²) in [5, 5.41) is 3.49. The van der Waals surface area contributed by atoms with Crippen LogP contribution in [0, 0.1) is 0 Å². The quantitative estimate of drug-likeness (QED) is 0.316. The van der Waals surface area contributed by atoms with Gasteiger partial charge < -0.3 is 14.8 Å². The average molecular weight is 404 g/mol. The third-order valence-electron chi connectivity index (χ3n) is 5.00. The van der Waals surface area contributed by atoms with Crippen molar-refractivity contribution in [2.24, 2.45) is 0 Å². The van der Waals surface area contributed by atoms with Crippen LogP contribution in [0.5, 0.6) is 11.5 Å². The number of hydrogen-bond donors (Lipinski definition) is 1. The summed E-state index contributed by atoms with van der Waals surface area (Å²) in [5.41, 5.74) is 3.55. The van der Waals surface area contributed by atoms with Crippen LogP contribution in [-0.4, -0.2) is 13.2 Å². The van der Waals surface area contributed by atoms with Crippen LogP contribution < -0.4 is 14.8 Å². The minimum Gasteiger partial charge on any atom is -0.494 e. The van der Waals surface area contributed by atoms with Crippen LogP contribution in [0.3, 0.4) is 0 Å². The molecule has 0 aliphatic rings. The number of rotatable bonds is 13. The fourth-order valence-corrected chi connectivity index (χ4v) is 3.30. The Kier molecular flexibility index (Phi) is 9.13. The van der Waals surface area contributed by atoms with E-state index in [-0.39, 0.29) is 0 Å². The minimum absolute atomic E-state index is 0.679. The Morgan fingerprint density at radius 2 is 1.40 bits per heavy atom. The SMILES string of the molecule is CCCCCCOc1cccc(NCc2cccc(OCCc3ccccc3)c2)c1. The van der Waals surface area contributed by atoms with Crippen LogP contribution >= 0.6 is 0 Å². The molecule has 30 heavy (non-hydrogen) atoms. The Labute approximate surface area is 181 Å². The van der Waals surface area contributed by atoms with Gasteiger partial charge in [-0.25, -0.2) is 0 Å². The molecule has 0 radical (unpaired) electrons. The maximum absolute atomic E-state index is 5.95. The highest BCUT2D eigenvalue weighted by Crippen LogP contribution is 2.20. The lowest BCUT2D eigenvalue weighted by atomic mass is 10.2. The van der Waals surface area contributed by atoms with Crippen molar-refractivity contribution in [1.82, 2.24) is 0 Å². The van der Waals surface area contributed by atoms with Crippen molar-refractivity contribution >= 4 is 5.69 Å². The van der Waals surface area contributed by atoms with Gasteiger partial charge in [0.25, 0.3) is 0 Å². The molecule has 0 bridgehead atoms. The molecule has 3 rings (SSSR count). The van der Waals surface area contributed by atoms with E-state index in [9.17, 15) is 0 Å². The molecule has 0 saturated carbocycles. The fraction of sp³-hybridized carbons (Fsp3) is 0.333. The number of unbranched alkanes of at least 4 members (excludes halogenated alkanes) is 3. The largest absolute Gasteiger partial charge is 0.494 e. The normalized spacial score (nSPS) is 10.6. The smallest absolute Gasteiger partial charge is 0.121 e. The Hall–Kier alpha value is -2.94. The van der Waals surface area contributed by atoms with Gasteiger partial charge in [-0.1, -0.05) is 74.7 Å². The molecule has 0 heterocycles. The van der Waals surface area contributed by atoms with Gasteiger partial charge in [-0.3, -0.25) is 0 Å². The molecule has 0 unspecified atom stereocenters. The van der Waals surface area contributed by atoms with Gasteiger partial charge in [-0.05, 0) is 41.8 Å². The van der Waals surface area contributed by atoms with Gasteiger partial charge >= 0.3 is 0 Å². The van der Waals surface area contributed by atoms with E-state index in [4.69, 9.17) is 9.47 Å². The zero-order chi connectivity index (χ0) is 20.9. The summed E-state index contributed by atoms with van der Waals surface area (Å²) in [6, 6.07) is 26.9. The molecule has 158 valence electrons. The van der Waals surface area contributed by atoms with Crippen LogP contribution in [0.1, 0.15) is 43.7 Å². The van der Waals surface area contributed by atoms with Gasteiger partial charge in [-0.2, -0.15) is 0 Å². The molecule has 3 aromatic carbocycles. The number of nitrogens with one attached hydrogen (secondary N) is 1. The second kappa shape index (κ2) is 12.6. The molecular weight excluding hydrogens is 370 g/mol. The Morgan fingerprint density at radius 3 is 2.23 bits per heavy atom. The van der Waals surface area contributed by atoms with Crippen LogP contribution in [0.25, 0.3) is 0 Å². The monoisotopic (exact) mass is 403 g/mol. The standard InChI is InChI=1S/C27H33NO2/c1-2-3-4-8-18-29-27-16-10-14-25(21-27)28-22-24-13-9-15-26(20-24)30-19-17-23-11-6-5-7-12-23/h5-7,9-16,20-21,28H,2-4,8,17-19,22H2,1H3. The Balaban J connectivity index is 1.44. The molecule has 0 atom stereocenters. The molecule has 0 amide bonds. The highest BCUT2D eigenvalue weighted by atomic mass is 16.5. The van der Waals surface area contributed by atoms with E-state index < -0.39 is 0 Å². The second-order valence-corrected chi connectivity index (χ2v) is 7.52. The average Bonchev–Trinajstić information content (AvgIpc) is 2.79. The first-order valence-electron chi connectivity index (χ1n) is 11.1. The zero-order valence-corrected chi connectivity index (χ0v) is 18.0. The first kappa shape index (κ1) is 21.8. The van der Waals surface area contributed by atoms with E-state index in [2.05, 4.69) is 60.8 Å². The maximum atomic E-state index is 5.95. The van der Waals surface area contributed by atoms with E-state index in [1.165, 1.54) is 30.4 Å². The summed E-state index contributed by atoms with van der Waals surface area (Å²) in [4.78, 5) is 0.